The lowest BCUT2D eigenvalue weighted by molar-refractivity contribution is -0.139. The number of benzene rings is 1. The highest BCUT2D eigenvalue weighted by Crippen LogP contribution is 2.06. The van der Waals surface area contributed by atoms with E-state index in [1.54, 1.807) is 45.0 Å². The van der Waals surface area contributed by atoms with Crippen LogP contribution in [0, 0.1) is 0 Å². The molecule has 4 N–H and O–H groups in total. The second-order valence-corrected chi connectivity index (χ2v) is 7.69. The molecule has 1 rings (SSSR count). The van der Waals surface area contributed by atoms with Crippen LogP contribution in [0.3, 0.4) is 0 Å². The normalized spacial score (nSPS) is 11.7. The molecule has 0 radical (unpaired) electrons. The molecule has 0 spiro atoms. The van der Waals surface area contributed by atoms with Gasteiger partial charge in [-0.25, -0.2) is 9.59 Å². The molecule has 0 bridgehead atoms. The first kappa shape index (κ1) is 26.7. The van der Waals surface area contributed by atoms with Gasteiger partial charge in [0.1, 0.15) is 18.2 Å². The van der Waals surface area contributed by atoms with Gasteiger partial charge in [-0.1, -0.05) is 30.3 Å². The van der Waals surface area contributed by atoms with Crippen LogP contribution in [-0.2, 0) is 30.4 Å². The summed E-state index contributed by atoms with van der Waals surface area (Å²) in [7, 11) is 0. The zero-order valence-corrected chi connectivity index (χ0v) is 18.5. The Kier molecular flexibility index (Phi) is 11.6. The van der Waals surface area contributed by atoms with Gasteiger partial charge in [-0.3, -0.25) is 9.59 Å². The molecule has 1 atom stereocenters. The first-order valence-corrected chi connectivity index (χ1v) is 10.1. The monoisotopic (exact) mass is 453 g/mol. The molecule has 0 aliphatic heterocycles. The van der Waals surface area contributed by atoms with Crippen molar-refractivity contribution >= 4 is 24.1 Å². The van der Waals surface area contributed by atoms with Crippen molar-refractivity contribution in [2.24, 2.45) is 0 Å². The fraction of sp³-hybridized carbons (Fsp3) is 0.524. The minimum Gasteiger partial charge on any atom is -0.481 e. The molecule has 0 saturated heterocycles. The van der Waals surface area contributed by atoms with Crippen LogP contribution in [0.5, 0.6) is 0 Å². The number of nitrogens with one attached hydrogen (secondary N) is 3. The van der Waals surface area contributed by atoms with Crippen molar-refractivity contribution in [3.63, 3.8) is 0 Å². The average molecular weight is 453 g/mol. The lowest BCUT2D eigenvalue weighted by Crippen LogP contribution is -2.48. The number of hydrogen-bond donors (Lipinski definition) is 4. The van der Waals surface area contributed by atoms with Gasteiger partial charge < -0.3 is 35.3 Å². The van der Waals surface area contributed by atoms with Crippen LogP contribution in [0.2, 0.25) is 0 Å². The maximum Gasteiger partial charge on any atom is 0.408 e. The molecule has 32 heavy (non-hydrogen) atoms. The molecule has 1 aromatic carbocycles. The Morgan fingerprint density at radius 1 is 0.969 bits per heavy atom. The molecule has 0 saturated carbocycles. The third-order valence-corrected chi connectivity index (χ3v) is 3.66. The lowest BCUT2D eigenvalue weighted by Gasteiger charge is -2.19. The Labute approximate surface area is 186 Å². The average Bonchev–Trinajstić information content (AvgIpc) is 2.70. The van der Waals surface area contributed by atoms with Gasteiger partial charge in [-0.05, 0) is 26.3 Å². The summed E-state index contributed by atoms with van der Waals surface area (Å²) >= 11 is 0. The number of carboxylic acid groups (broad SMARTS) is 1. The van der Waals surface area contributed by atoms with Gasteiger partial charge in [0.05, 0.1) is 19.6 Å². The van der Waals surface area contributed by atoms with E-state index in [0.29, 0.717) is 0 Å². The summed E-state index contributed by atoms with van der Waals surface area (Å²) in [4.78, 5) is 46.7. The summed E-state index contributed by atoms with van der Waals surface area (Å²) in [5.41, 5.74) is 0.157. The number of carbonyl (C=O) groups excluding carboxylic acids is 3. The second kappa shape index (κ2) is 13.9. The fourth-order valence-electron chi connectivity index (χ4n) is 2.30. The van der Waals surface area contributed by atoms with E-state index in [0.717, 1.165) is 5.56 Å². The molecular weight excluding hydrogens is 422 g/mol. The topological polar surface area (TPSA) is 152 Å². The number of aliphatic carboxylic acids is 1. The summed E-state index contributed by atoms with van der Waals surface area (Å²) in [6.07, 6.45) is -2.07. The molecule has 1 aromatic rings. The van der Waals surface area contributed by atoms with Gasteiger partial charge in [0.15, 0.2) is 0 Å². The maximum atomic E-state index is 12.2. The summed E-state index contributed by atoms with van der Waals surface area (Å²) in [5.74, 6) is -1.93. The molecule has 0 fully saturated rings. The van der Waals surface area contributed by atoms with Gasteiger partial charge in [-0.2, -0.15) is 0 Å². The molecule has 3 amide bonds. The van der Waals surface area contributed by atoms with Crippen LogP contribution in [0.15, 0.2) is 30.3 Å². The van der Waals surface area contributed by atoms with E-state index < -0.39 is 42.1 Å². The molecular formula is C21H31N3O8. The molecule has 0 heterocycles. The van der Waals surface area contributed by atoms with Crippen molar-refractivity contribution in [3.05, 3.63) is 35.9 Å². The molecule has 178 valence electrons. The van der Waals surface area contributed by atoms with Crippen molar-refractivity contribution in [2.75, 3.05) is 26.3 Å². The molecule has 11 nitrogen and oxygen atoms in total. The minimum atomic E-state index is -1.30. The van der Waals surface area contributed by atoms with Crippen molar-refractivity contribution < 1.29 is 38.5 Å². The maximum absolute atomic E-state index is 12.2. The lowest BCUT2D eigenvalue weighted by atomic mass is 10.2. The predicted octanol–water partition coefficient (Wildman–Crippen LogP) is 1.41. The Morgan fingerprint density at radius 2 is 1.59 bits per heavy atom. The van der Waals surface area contributed by atoms with Gasteiger partial charge in [0, 0.05) is 13.1 Å². The van der Waals surface area contributed by atoms with Crippen molar-refractivity contribution in [1.29, 1.82) is 0 Å². The molecule has 11 heteroatoms. The Hall–Kier alpha value is -3.34. The Bertz CT molecular complexity index is 749. The predicted molar refractivity (Wildman–Crippen MR) is 114 cm³/mol. The number of rotatable bonds is 12. The first-order chi connectivity index (χ1) is 15.1. The zero-order chi connectivity index (χ0) is 24.0. The SMILES string of the molecule is CC(C)(C)OC(=O)NCCOCCNC(=O)[C@H](CC(=O)O)NC(=O)OCc1ccccc1. The van der Waals surface area contributed by atoms with E-state index in [-0.39, 0.29) is 32.9 Å². The zero-order valence-electron chi connectivity index (χ0n) is 18.5. The standard InChI is InChI=1S/C21H31N3O8/c1-21(2,3)32-19(28)23-10-12-30-11-9-22-18(27)16(13-17(25)26)24-20(29)31-14-15-7-5-4-6-8-15/h4-8,16H,9-14H2,1-3H3,(H,22,27)(H,23,28)(H,24,29)(H,25,26)/t16-/m0/s1. The van der Waals surface area contributed by atoms with Crippen molar-refractivity contribution in [2.45, 2.75) is 45.4 Å². The fourth-order valence-corrected chi connectivity index (χ4v) is 2.30. The summed E-state index contributed by atoms with van der Waals surface area (Å²) in [5, 5.41) is 16.3. The van der Waals surface area contributed by atoms with Crippen molar-refractivity contribution in [3.8, 4) is 0 Å². The third kappa shape index (κ3) is 13.1. The summed E-state index contributed by atoms with van der Waals surface area (Å²) < 4.78 is 15.4. The largest absolute Gasteiger partial charge is 0.481 e. The number of amides is 3. The van der Waals surface area contributed by atoms with Crippen LogP contribution in [0.25, 0.3) is 0 Å². The quantitative estimate of drug-likeness (QED) is 0.347. The number of ether oxygens (including phenoxy) is 3. The highest BCUT2D eigenvalue weighted by Gasteiger charge is 2.24. The van der Waals surface area contributed by atoms with E-state index in [1.807, 2.05) is 6.07 Å². The highest BCUT2D eigenvalue weighted by molar-refractivity contribution is 5.89. The van der Waals surface area contributed by atoms with Crippen LogP contribution in [0.1, 0.15) is 32.8 Å². The van der Waals surface area contributed by atoms with Crippen LogP contribution < -0.4 is 16.0 Å². The number of carboxylic acids is 1. The summed E-state index contributed by atoms with van der Waals surface area (Å²) in [6, 6.07) is 7.61. The summed E-state index contributed by atoms with van der Waals surface area (Å²) in [6.45, 7) is 5.86. The number of hydrogen-bond acceptors (Lipinski definition) is 7. The third-order valence-electron chi connectivity index (χ3n) is 3.66. The Balaban J connectivity index is 2.29. The number of alkyl carbamates (subject to hydrolysis) is 2. The van der Waals surface area contributed by atoms with Gasteiger partial charge in [0.2, 0.25) is 5.91 Å². The number of carbonyl (C=O) groups is 4. The van der Waals surface area contributed by atoms with Crippen LogP contribution in [0.4, 0.5) is 9.59 Å². The van der Waals surface area contributed by atoms with Gasteiger partial charge >= 0.3 is 18.2 Å². The van der Waals surface area contributed by atoms with Crippen LogP contribution in [-0.4, -0.2) is 67.1 Å². The van der Waals surface area contributed by atoms with Gasteiger partial charge in [0.25, 0.3) is 0 Å². The van der Waals surface area contributed by atoms with E-state index in [2.05, 4.69) is 16.0 Å². The van der Waals surface area contributed by atoms with E-state index in [4.69, 9.17) is 19.3 Å². The smallest absolute Gasteiger partial charge is 0.408 e. The second-order valence-electron chi connectivity index (χ2n) is 7.69. The van der Waals surface area contributed by atoms with E-state index >= 15 is 0 Å². The first-order valence-electron chi connectivity index (χ1n) is 10.1. The van der Waals surface area contributed by atoms with Gasteiger partial charge in [-0.15, -0.1) is 0 Å². The van der Waals surface area contributed by atoms with Crippen LogP contribution >= 0.6 is 0 Å². The molecule has 0 aromatic heterocycles. The highest BCUT2D eigenvalue weighted by atomic mass is 16.6. The van der Waals surface area contributed by atoms with E-state index in [1.165, 1.54) is 0 Å². The minimum absolute atomic E-state index is 0.0146. The van der Waals surface area contributed by atoms with E-state index in [9.17, 15) is 19.2 Å². The molecule has 0 aliphatic carbocycles. The molecule has 0 unspecified atom stereocenters. The molecule has 0 aliphatic rings. The van der Waals surface area contributed by atoms with Crippen molar-refractivity contribution in [1.82, 2.24) is 16.0 Å². The Morgan fingerprint density at radius 3 is 2.19 bits per heavy atom.